The molecule has 1 aliphatic carbocycles. The van der Waals surface area contributed by atoms with Crippen molar-refractivity contribution in [2.24, 2.45) is 0 Å². The molecule has 0 bridgehead atoms. The standard InChI is InChI=1S/C16H20N2O2S/c1-12-15(13-6-8-14(9-7-13)18(19)20)21-17(2)16(12)10-4-3-5-11-16/h6-9H,3-5,10-11H2,1-2H3. The van der Waals surface area contributed by atoms with Crippen LogP contribution < -0.4 is 0 Å². The summed E-state index contributed by atoms with van der Waals surface area (Å²) in [6.45, 7) is 2.23. The van der Waals surface area contributed by atoms with Crippen LogP contribution in [-0.4, -0.2) is 21.8 Å². The van der Waals surface area contributed by atoms with Crippen molar-refractivity contribution < 1.29 is 4.92 Å². The number of nitro groups is 1. The summed E-state index contributed by atoms with van der Waals surface area (Å²) in [4.78, 5) is 11.7. The van der Waals surface area contributed by atoms with Crippen molar-refractivity contribution >= 4 is 22.5 Å². The first-order chi connectivity index (χ1) is 10.0. The first-order valence-corrected chi connectivity index (χ1v) is 8.20. The van der Waals surface area contributed by atoms with Gasteiger partial charge in [0.15, 0.2) is 0 Å². The van der Waals surface area contributed by atoms with Crippen molar-refractivity contribution in [1.29, 1.82) is 0 Å². The van der Waals surface area contributed by atoms with Crippen molar-refractivity contribution in [3.8, 4) is 0 Å². The average Bonchev–Trinajstić information content (AvgIpc) is 2.74. The Hall–Kier alpha value is -1.33. The molecule has 0 atom stereocenters. The van der Waals surface area contributed by atoms with Gasteiger partial charge in [0.1, 0.15) is 0 Å². The van der Waals surface area contributed by atoms with Crippen LogP contribution in [0.15, 0.2) is 29.8 Å². The van der Waals surface area contributed by atoms with Crippen LogP contribution in [-0.2, 0) is 0 Å². The maximum Gasteiger partial charge on any atom is 0.269 e. The lowest BCUT2D eigenvalue weighted by atomic mass is 9.76. The molecule has 0 aromatic heterocycles. The zero-order chi connectivity index (χ0) is 15.0. The Morgan fingerprint density at radius 3 is 2.38 bits per heavy atom. The molecule has 1 aromatic carbocycles. The van der Waals surface area contributed by atoms with E-state index >= 15 is 0 Å². The van der Waals surface area contributed by atoms with E-state index in [1.165, 1.54) is 42.6 Å². The SMILES string of the molecule is CC1=C(c2ccc([N+](=O)[O-])cc2)SN(C)C12CCCCC2. The van der Waals surface area contributed by atoms with E-state index in [0.717, 1.165) is 5.56 Å². The van der Waals surface area contributed by atoms with Gasteiger partial charge in [-0.3, -0.25) is 10.1 Å². The van der Waals surface area contributed by atoms with Gasteiger partial charge in [-0.25, -0.2) is 4.31 Å². The minimum absolute atomic E-state index is 0.153. The van der Waals surface area contributed by atoms with Gasteiger partial charge in [0.25, 0.3) is 5.69 Å². The molecule has 1 fully saturated rings. The normalized spacial score (nSPS) is 22.0. The number of hydrogen-bond donors (Lipinski definition) is 0. The third-order valence-corrected chi connectivity index (χ3v) is 6.24. The Morgan fingerprint density at radius 1 is 1.19 bits per heavy atom. The molecule has 1 saturated carbocycles. The summed E-state index contributed by atoms with van der Waals surface area (Å²) in [5, 5.41) is 10.8. The number of likely N-dealkylation sites (N-methyl/N-ethyl adjacent to an activating group) is 1. The maximum atomic E-state index is 10.8. The number of benzene rings is 1. The highest BCUT2D eigenvalue weighted by Gasteiger charge is 2.44. The molecule has 5 heteroatoms. The maximum absolute atomic E-state index is 10.8. The second kappa shape index (κ2) is 5.46. The minimum atomic E-state index is -0.346. The highest BCUT2D eigenvalue weighted by molar-refractivity contribution is 8.06. The van der Waals surface area contributed by atoms with Gasteiger partial charge in [0.2, 0.25) is 0 Å². The summed E-state index contributed by atoms with van der Waals surface area (Å²) in [6.07, 6.45) is 6.35. The molecular weight excluding hydrogens is 284 g/mol. The smallest absolute Gasteiger partial charge is 0.258 e. The number of rotatable bonds is 2. The molecule has 0 saturated heterocycles. The Morgan fingerprint density at radius 2 is 1.81 bits per heavy atom. The molecule has 0 N–H and O–H groups in total. The molecule has 3 rings (SSSR count). The molecule has 0 unspecified atom stereocenters. The van der Waals surface area contributed by atoms with Crippen LogP contribution in [0.4, 0.5) is 5.69 Å². The number of hydrogen-bond acceptors (Lipinski definition) is 4. The molecule has 1 heterocycles. The predicted molar refractivity (Wildman–Crippen MR) is 86.9 cm³/mol. The van der Waals surface area contributed by atoms with Gasteiger partial charge in [-0.2, -0.15) is 0 Å². The monoisotopic (exact) mass is 304 g/mol. The largest absolute Gasteiger partial charge is 0.269 e. The highest BCUT2D eigenvalue weighted by atomic mass is 32.2. The molecule has 21 heavy (non-hydrogen) atoms. The second-order valence-electron chi connectivity index (χ2n) is 5.94. The van der Waals surface area contributed by atoms with E-state index in [0.29, 0.717) is 0 Å². The van der Waals surface area contributed by atoms with Gasteiger partial charge in [0, 0.05) is 17.0 Å². The van der Waals surface area contributed by atoms with Crippen LogP contribution in [0.2, 0.25) is 0 Å². The van der Waals surface area contributed by atoms with Crippen molar-refractivity contribution in [1.82, 2.24) is 4.31 Å². The molecule has 112 valence electrons. The van der Waals surface area contributed by atoms with Crippen LogP contribution in [0.1, 0.15) is 44.6 Å². The summed E-state index contributed by atoms with van der Waals surface area (Å²) < 4.78 is 2.40. The Kier molecular flexibility index (Phi) is 3.80. The highest BCUT2D eigenvalue weighted by Crippen LogP contribution is 2.54. The van der Waals surface area contributed by atoms with E-state index in [-0.39, 0.29) is 16.1 Å². The van der Waals surface area contributed by atoms with E-state index in [4.69, 9.17) is 0 Å². The number of non-ortho nitro benzene ring substituents is 1. The van der Waals surface area contributed by atoms with Crippen LogP contribution in [0.25, 0.3) is 4.91 Å². The summed E-state index contributed by atoms with van der Waals surface area (Å²) >= 11 is 1.79. The van der Waals surface area contributed by atoms with Crippen molar-refractivity contribution in [3.05, 3.63) is 45.5 Å². The third-order valence-electron chi connectivity index (χ3n) is 4.89. The second-order valence-corrected chi connectivity index (χ2v) is 7.08. The summed E-state index contributed by atoms with van der Waals surface area (Å²) in [5.74, 6) is 0. The molecule has 1 spiro atoms. The fraction of sp³-hybridized carbons (Fsp3) is 0.500. The van der Waals surface area contributed by atoms with Crippen LogP contribution in [0.5, 0.6) is 0 Å². The van der Waals surface area contributed by atoms with Gasteiger partial charge >= 0.3 is 0 Å². The zero-order valence-corrected chi connectivity index (χ0v) is 13.3. The van der Waals surface area contributed by atoms with Gasteiger partial charge in [-0.15, -0.1) is 0 Å². The molecule has 0 radical (unpaired) electrons. The van der Waals surface area contributed by atoms with Crippen molar-refractivity contribution in [3.63, 3.8) is 0 Å². The lowest BCUT2D eigenvalue weighted by Gasteiger charge is -2.40. The van der Waals surface area contributed by atoms with Crippen LogP contribution >= 0.6 is 11.9 Å². The molecule has 2 aliphatic rings. The van der Waals surface area contributed by atoms with Gasteiger partial charge in [-0.1, -0.05) is 19.3 Å². The average molecular weight is 304 g/mol. The third kappa shape index (κ3) is 2.38. The van der Waals surface area contributed by atoms with E-state index < -0.39 is 0 Å². The van der Waals surface area contributed by atoms with E-state index in [1.54, 1.807) is 24.1 Å². The van der Waals surface area contributed by atoms with Crippen molar-refractivity contribution in [2.45, 2.75) is 44.6 Å². The first kappa shape index (κ1) is 14.6. The molecule has 1 aliphatic heterocycles. The fourth-order valence-corrected chi connectivity index (χ4v) is 4.91. The molecular formula is C16H20N2O2S. The van der Waals surface area contributed by atoms with E-state index in [2.05, 4.69) is 18.3 Å². The van der Waals surface area contributed by atoms with Gasteiger partial charge in [-0.05, 0) is 62.0 Å². The quantitative estimate of drug-likeness (QED) is 0.454. The van der Waals surface area contributed by atoms with Gasteiger partial charge in [0.05, 0.1) is 10.5 Å². The fourth-order valence-electron chi connectivity index (χ4n) is 3.57. The summed E-state index contributed by atoms with van der Waals surface area (Å²) in [7, 11) is 2.18. The summed E-state index contributed by atoms with van der Waals surface area (Å²) in [6, 6.07) is 6.95. The van der Waals surface area contributed by atoms with Crippen LogP contribution in [0.3, 0.4) is 0 Å². The number of nitro benzene ring substituents is 1. The Bertz CT molecular complexity index is 589. The molecule has 0 amide bonds. The van der Waals surface area contributed by atoms with Gasteiger partial charge < -0.3 is 0 Å². The lowest BCUT2D eigenvalue weighted by molar-refractivity contribution is -0.384. The molecule has 4 nitrogen and oxygen atoms in total. The van der Waals surface area contributed by atoms with E-state index in [1.807, 2.05) is 12.1 Å². The zero-order valence-electron chi connectivity index (χ0n) is 12.5. The molecule has 1 aromatic rings. The summed E-state index contributed by atoms with van der Waals surface area (Å²) in [5.41, 5.74) is 2.88. The van der Waals surface area contributed by atoms with Crippen LogP contribution in [0, 0.1) is 10.1 Å². The van der Waals surface area contributed by atoms with E-state index in [9.17, 15) is 10.1 Å². The minimum Gasteiger partial charge on any atom is -0.258 e. The Balaban J connectivity index is 1.96. The predicted octanol–water partition coefficient (Wildman–Crippen LogP) is 4.62. The first-order valence-electron chi connectivity index (χ1n) is 7.42. The van der Waals surface area contributed by atoms with Crippen molar-refractivity contribution in [2.75, 3.05) is 7.05 Å². The Labute approximate surface area is 129 Å². The number of nitrogens with zero attached hydrogens (tertiary/aromatic N) is 2. The topological polar surface area (TPSA) is 46.4 Å². The lowest BCUT2D eigenvalue weighted by Crippen LogP contribution is -2.42.